The summed E-state index contributed by atoms with van der Waals surface area (Å²) in [6, 6.07) is 0. The normalized spacial score (nSPS) is 9.78. The second-order valence-corrected chi connectivity index (χ2v) is 1.63. The van der Waals surface area contributed by atoms with Crippen molar-refractivity contribution >= 4 is 5.90 Å². The Morgan fingerprint density at radius 1 is 1.56 bits per heavy atom. The van der Waals surface area contributed by atoms with Crippen LogP contribution in [0.4, 0.5) is 0 Å². The molecule has 0 rings (SSSR count). The van der Waals surface area contributed by atoms with Crippen molar-refractivity contribution in [1.82, 2.24) is 0 Å². The van der Waals surface area contributed by atoms with Crippen LogP contribution >= 0.6 is 0 Å². The Kier molecular flexibility index (Phi) is 4.00. The van der Waals surface area contributed by atoms with Crippen LogP contribution in [0.3, 0.4) is 0 Å². The van der Waals surface area contributed by atoms with Crippen molar-refractivity contribution in [3.63, 3.8) is 0 Å². The van der Waals surface area contributed by atoms with Gasteiger partial charge in [0.15, 0.2) is 5.90 Å². The molecule has 0 aliphatic rings. The first-order chi connectivity index (χ1) is 4.26. The van der Waals surface area contributed by atoms with E-state index in [-0.39, 0.29) is 19.1 Å². The van der Waals surface area contributed by atoms with Crippen molar-refractivity contribution in [3.05, 3.63) is 0 Å². The van der Waals surface area contributed by atoms with Crippen LogP contribution in [0, 0.1) is 11.3 Å². The third kappa shape index (κ3) is 2.43. The SMILES string of the molecule is COC(=N)C(CO)CO. The predicted octanol–water partition coefficient (Wildman–Crippen LogP) is -0.789. The van der Waals surface area contributed by atoms with Gasteiger partial charge in [0.25, 0.3) is 0 Å². The summed E-state index contributed by atoms with van der Waals surface area (Å²) in [6.07, 6.45) is 0. The molecule has 0 atom stereocenters. The summed E-state index contributed by atoms with van der Waals surface area (Å²) in [5.41, 5.74) is 0. The molecule has 3 N–H and O–H groups in total. The van der Waals surface area contributed by atoms with Gasteiger partial charge < -0.3 is 14.9 Å². The molecule has 0 aromatic heterocycles. The zero-order valence-electron chi connectivity index (χ0n) is 5.29. The monoisotopic (exact) mass is 133 g/mol. The minimum Gasteiger partial charge on any atom is -0.484 e. The van der Waals surface area contributed by atoms with Gasteiger partial charge in [-0.2, -0.15) is 0 Å². The summed E-state index contributed by atoms with van der Waals surface area (Å²) in [6.45, 7) is -0.494. The maximum atomic E-state index is 8.45. The Morgan fingerprint density at radius 3 is 2.11 bits per heavy atom. The van der Waals surface area contributed by atoms with E-state index < -0.39 is 5.92 Å². The average molecular weight is 133 g/mol. The van der Waals surface area contributed by atoms with Gasteiger partial charge in [-0.15, -0.1) is 0 Å². The molecular formula is C5H11NO3. The van der Waals surface area contributed by atoms with Crippen molar-refractivity contribution in [2.45, 2.75) is 0 Å². The number of hydrogen-bond donors (Lipinski definition) is 3. The van der Waals surface area contributed by atoms with Gasteiger partial charge >= 0.3 is 0 Å². The molecule has 0 bridgehead atoms. The molecule has 54 valence electrons. The van der Waals surface area contributed by atoms with E-state index in [2.05, 4.69) is 4.74 Å². The number of aliphatic hydroxyl groups excluding tert-OH is 2. The molecule has 0 spiro atoms. The van der Waals surface area contributed by atoms with Gasteiger partial charge in [-0.05, 0) is 0 Å². The quantitative estimate of drug-likeness (QED) is 0.349. The van der Waals surface area contributed by atoms with Crippen LogP contribution < -0.4 is 0 Å². The van der Waals surface area contributed by atoms with Crippen molar-refractivity contribution in [2.24, 2.45) is 5.92 Å². The highest BCUT2D eigenvalue weighted by molar-refractivity contribution is 5.75. The van der Waals surface area contributed by atoms with Crippen molar-refractivity contribution in [3.8, 4) is 0 Å². The molecule has 4 nitrogen and oxygen atoms in total. The van der Waals surface area contributed by atoms with E-state index >= 15 is 0 Å². The molecule has 0 heterocycles. The van der Waals surface area contributed by atoms with E-state index in [1.54, 1.807) is 0 Å². The van der Waals surface area contributed by atoms with Gasteiger partial charge in [-0.1, -0.05) is 0 Å². The Bertz CT molecular complexity index is 90.2. The first-order valence-electron chi connectivity index (χ1n) is 2.60. The van der Waals surface area contributed by atoms with Crippen LogP contribution in [0.15, 0.2) is 0 Å². The molecule has 0 aromatic rings. The molecule has 0 fully saturated rings. The third-order valence-electron chi connectivity index (χ3n) is 1.03. The number of ether oxygens (including phenoxy) is 1. The summed E-state index contributed by atoms with van der Waals surface area (Å²) < 4.78 is 4.46. The van der Waals surface area contributed by atoms with Gasteiger partial charge in [0.05, 0.1) is 26.2 Å². The molecule has 0 aliphatic heterocycles. The number of hydrogen-bond acceptors (Lipinski definition) is 4. The highest BCUT2D eigenvalue weighted by Gasteiger charge is 2.11. The van der Waals surface area contributed by atoms with Crippen LogP contribution in [-0.2, 0) is 4.74 Å². The van der Waals surface area contributed by atoms with E-state index in [0.29, 0.717) is 0 Å². The van der Waals surface area contributed by atoms with Crippen LogP contribution in [0.1, 0.15) is 0 Å². The Labute approximate surface area is 53.6 Å². The lowest BCUT2D eigenvalue weighted by Crippen LogP contribution is -2.22. The summed E-state index contributed by atoms with van der Waals surface area (Å²) in [5, 5.41) is 23.8. The van der Waals surface area contributed by atoms with E-state index in [1.807, 2.05) is 0 Å². The minimum absolute atomic E-state index is 0.0833. The molecule has 0 saturated heterocycles. The van der Waals surface area contributed by atoms with Gasteiger partial charge in [-0.3, -0.25) is 5.41 Å². The van der Waals surface area contributed by atoms with Gasteiger partial charge in [0.2, 0.25) is 0 Å². The predicted molar refractivity (Wildman–Crippen MR) is 32.4 cm³/mol. The minimum atomic E-state index is -0.560. The standard InChI is InChI=1S/C5H11NO3/c1-9-5(6)4(2-7)3-8/h4,6-8H,2-3H2,1H3. The number of methoxy groups -OCH3 is 1. The zero-order chi connectivity index (χ0) is 7.28. The van der Waals surface area contributed by atoms with Gasteiger partial charge in [0, 0.05) is 0 Å². The first-order valence-corrected chi connectivity index (χ1v) is 2.60. The van der Waals surface area contributed by atoms with E-state index in [0.717, 1.165) is 0 Å². The second kappa shape index (κ2) is 4.29. The maximum absolute atomic E-state index is 8.45. The lowest BCUT2D eigenvalue weighted by molar-refractivity contribution is 0.169. The largest absolute Gasteiger partial charge is 0.484 e. The topological polar surface area (TPSA) is 73.5 Å². The highest BCUT2D eigenvalue weighted by Crippen LogP contribution is 1.95. The van der Waals surface area contributed by atoms with Crippen molar-refractivity contribution < 1.29 is 14.9 Å². The first kappa shape index (κ1) is 8.39. The summed E-state index contributed by atoms with van der Waals surface area (Å²) in [7, 11) is 1.33. The fourth-order valence-corrected chi connectivity index (χ4v) is 0.390. The second-order valence-electron chi connectivity index (χ2n) is 1.63. The summed E-state index contributed by atoms with van der Waals surface area (Å²) in [4.78, 5) is 0. The van der Waals surface area contributed by atoms with Crippen molar-refractivity contribution in [1.29, 1.82) is 5.41 Å². The number of nitrogens with one attached hydrogen (secondary N) is 1. The molecule has 0 saturated carbocycles. The van der Waals surface area contributed by atoms with Crippen LogP contribution in [-0.4, -0.2) is 36.4 Å². The maximum Gasteiger partial charge on any atom is 0.187 e. The van der Waals surface area contributed by atoms with Gasteiger partial charge in [-0.25, -0.2) is 0 Å². The van der Waals surface area contributed by atoms with Crippen molar-refractivity contribution in [2.75, 3.05) is 20.3 Å². The fourth-order valence-electron chi connectivity index (χ4n) is 0.390. The lowest BCUT2D eigenvalue weighted by atomic mass is 10.2. The Balaban J connectivity index is 3.64. The highest BCUT2D eigenvalue weighted by atomic mass is 16.5. The zero-order valence-corrected chi connectivity index (χ0v) is 5.29. The molecule has 0 unspecified atom stereocenters. The van der Waals surface area contributed by atoms with E-state index in [4.69, 9.17) is 15.6 Å². The lowest BCUT2D eigenvalue weighted by Gasteiger charge is -2.09. The Hall–Kier alpha value is -0.610. The Morgan fingerprint density at radius 2 is 2.00 bits per heavy atom. The third-order valence-corrected chi connectivity index (χ3v) is 1.03. The molecule has 9 heavy (non-hydrogen) atoms. The number of rotatable bonds is 3. The van der Waals surface area contributed by atoms with Gasteiger partial charge in [0.1, 0.15) is 0 Å². The summed E-state index contributed by atoms with van der Waals surface area (Å²) >= 11 is 0. The molecular weight excluding hydrogens is 122 g/mol. The smallest absolute Gasteiger partial charge is 0.187 e. The summed E-state index contributed by atoms with van der Waals surface area (Å²) in [5.74, 6) is -0.644. The van der Waals surface area contributed by atoms with Crippen LogP contribution in [0.5, 0.6) is 0 Å². The molecule has 0 radical (unpaired) electrons. The molecule has 4 heteroatoms. The van der Waals surface area contributed by atoms with E-state index in [9.17, 15) is 0 Å². The van der Waals surface area contributed by atoms with Crippen LogP contribution in [0.25, 0.3) is 0 Å². The molecule has 0 amide bonds. The molecule has 0 aromatic carbocycles. The van der Waals surface area contributed by atoms with E-state index in [1.165, 1.54) is 7.11 Å². The van der Waals surface area contributed by atoms with Crippen LogP contribution in [0.2, 0.25) is 0 Å². The molecule has 0 aliphatic carbocycles. The number of aliphatic hydroxyl groups is 2. The average Bonchev–Trinajstić information content (AvgIpc) is 1.90. The fraction of sp³-hybridized carbons (Fsp3) is 0.800.